The molecule has 14 aromatic rings. The van der Waals surface area contributed by atoms with Crippen LogP contribution in [0.1, 0.15) is 0 Å². The monoisotopic (exact) mass is 796 g/mol. The van der Waals surface area contributed by atoms with Crippen LogP contribution in [0.2, 0.25) is 0 Å². The van der Waals surface area contributed by atoms with Crippen LogP contribution in [0.15, 0.2) is 223 Å². The van der Waals surface area contributed by atoms with E-state index in [0.29, 0.717) is 0 Å². The molecule has 0 bridgehead atoms. The van der Waals surface area contributed by atoms with Crippen LogP contribution in [0.25, 0.3) is 141 Å². The Morgan fingerprint density at radius 3 is 1.32 bits per heavy atom. The van der Waals surface area contributed by atoms with Crippen molar-refractivity contribution in [3.8, 4) is 33.4 Å². The molecule has 1 nitrogen and oxygen atoms in total. The first-order valence-corrected chi connectivity index (χ1v) is 21.8. The van der Waals surface area contributed by atoms with Crippen LogP contribution in [0.5, 0.6) is 0 Å². The van der Waals surface area contributed by atoms with Gasteiger partial charge in [-0.25, -0.2) is 0 Å². The van der Waals surface area contributed by atoms with Crippen molar-refractivity contribution in [1.82, 2.24) is 0 Å². The third kappa shape index (κ3) is 5.05. The highest BCUT2D eigenvalue weighted by atomic mass is 16.3. The highest BCUT2D eigenvalue weighted by molar-refractivity contribution is 6.31. The van der Waals surface area contributed by atoms with E-state index in [4.69, 9.17) is 4.42 Å². The van der Waals surface area contributed by atoms with Gasteiger partial charge in [-0.1, -0.05) is 188 Å². The van der Waals surface area contributed by atoms with Gasteiger partial charge in [0.05, 0.1) is 0 Å². The van der Waals surface area contributed by atoms with Gasteiger partial charge in [-0.3, -0.25) is 0 Å². The zero-order valence-electron chi connectivity index (χ0n) is 34.2. The van der Waals surface area contributed by atoms with Gasteiger partial charge in [-0.2, -0.15) is 0 Å². The SMILES string of the molecule is c1ccc2c(c1)ccc1ccc(-c3ccc(-c4c5ccccc5c(-c5ccc6c(c5)c5ccccc5c5cc7c(cc65)oc5ccc6ccccc6c57)c5ccccc45)cc3)cc12. The quantitative estimate of drug-likeness (QED) is 0.128. The molecule has 0 aliphatic rings. The van der Waals surface area contributed by atoms with E-state index < -0.39 is 0 Å². The lowest BCUT2D eigenvalue weighted by Gasteiger charge is -2.19. The lowest BCUT2D eigenvalue weighted by molar-refractivity contribution is 0.670. The minimum absolute atomic E-state index is 0.918. The van der Waals surface area contributed by atoms with Crippen LogP contribution in [0.4, 0.5) is 0 Å². The summed E-state index contributed by atoms with van der Waals surface area (Å²) in [5.74, 6) is 0. The van der Waals surface area contributed by atoms with Crippen LogP contribution in [0, 0.1) is 0 Å². The Bertz CT molecular complexity index is 4190. The molecular weight excluding hydrogens is 761 g/mol. The Kier molecular flexibility index (Phi) is 7.17. The maximum atomic E-state index is 6.63. The maximum absolute atomic E-state index is 6.63. The molecule has 13 aromatic carbocycles. The van der Waals surface area contributed by atoms with Crippen LogP contribution in [0.3, 0.4) is 0 Å². The van der Waals surface area contributed by atoms with Crippen molar-refractivity contribution < 1.29 is 4.42 Å². The Balaban J connectivity index is 0.954. The summed E-state index contributed by atoms with van der Waals surface area (Å²) in [7, 11) is 0. The van der Waals surface area contributed by atoms with Gasteiger partial charge in [-0.15, -0.1) is 0 Å². The van der Waals surface area contributed by atoms with Crippen molar-refractivity contribution in [2.45, 2.75) is 0 Å². The largest absolute Gasteiger partial charge is 0.456 e. The molecule has 1 heterocycles. The molecule has 0 unspecified atom stereocenters. The van der Waals surface area contributed by atoms with Gasteiger partial charge in [0.2, 0.25) is 0 Å². The molecule has 0 saturated heterocycles. The number of furan rings is 1. The lowest BCUT2D eigenvalue weighted by Crippen LogP contribution is -1.91. The molecule has 14 rings (SSSR count). The fourth-order valence-corrected chi connectivity index (χ4v) is 10.9. The number of hydrogen-bond acceptors (Lipinski definition) is 1. The van der Waals surface area contributed by atoms with Crippen LogP contribution >= 0.6 is 0 Å². The molecule has 0 saturated carbocycles. The summed E-state index contributed by atoms with van der Waals surface area (Å²) in [5, 5.41) is 22.3. The van der Waals surface area contributed by atoms with E-state index in [0.717, 1.165) is 16.6 Å². The highest BCUT2D eigenvalue weighted by Gasteiger charge is 2.20. The van der Waals surface area contributed by atoms with E-state index in [2.05, 4.69) is 218 Å². The number of fused-ring (bicyclic) bond motifs is 16. The predicted octanol–water partition coefficient (Wildman–Crippen LogP) is 17.8. The van der Waals surface area contributed by atoms with E-state index in [1.165, 1.54) is 125 Å². The first kappa shape index (κ1) is 34.5. The van der Waals surface area contributed by atoms with Crippen molar-refractivity contribution in [2.75, 3.05) is 0 Å². The second kappa shape index (κ2) is 13.1. The minimum atomic E-state index is 0.918. The second-order valence-electron chi connectivity index (χ2n) is 17.1. The fourth-order valence-electron chi connectivity index (χ4n) is 10.9. The van der Waals surface area contributed by atoms with Gasteiger partial charge in [0.1, 0.15) is 11.2 Å². The molecule has 0 aliphatic carbocycles. The van der Waals surface area contributed by atoms with Crippen molar-refractivity contribution in [3.05, 3.63) is 218 Å². The highest BCUT2D eigenvalue weighted by Crippen LogP contribution is 2.47. The lowest BCUT2D eigenvalue weighted by atomic mass is 9.84. The first-order valence-electron chi connectivity index (χ1n) is 21.8. The zero-order chi connectivity index (χ0) is 41.2. The van der Waals surface area contributed by atoms with Gasteiger partial charge in [0.15, 0.2) is 0 Å². The van der Waals surface area contributed by atoms with Gasteiger partial charge >= 0.3 is 0 Å². The van der Waals surface area contributed by atoms with Gasteiger partial charge in [-0.05, 0) is 150 Å². The van der Waals surface area contributed by atoms with E-state index in [1.807, 2.05) is 0 Å². The molecule has 0 amide bonds. The summed E-state index contributed by atoms with van der Waals surface area (Å²) in [4.78, 5) is 0. The standard InChI is InChI=1S/C62H36O/c1-3-13-44-38(11-1)23-24-40-25-28-42(33-53(40)44)37-21-26-41(27-22-37)60-49-17-7-9-19-51(49)61(52-20-10-8-18-50(52)60)43-29-31-48-54(34-43)46-15-5-6-16-47(46)55-35-57-59(36-56(48)55)63-58-32-30-39-12-2-4-14-45(39)62(57)58/h1-36H. The molecule has 0 aliphatic heterocycles. The normalized spacial score (nSPS) is 12.1. The van der Waals surface area contributed by atoms with Crippen LogP contribution < -0.4 is 0 Å². The smallest absolute Gasteiger partial charge is 0.136 e. The summed E-state index contributed by atoms with van der Waals surface area (Å²) in [6, 6.07) is 80.7. The summed E-state index contributed by atoms with van der Waals surface area (Å²) >= 11 is 0. The molecule has 0 atom stereocenters. The van der Waals surface area contributed by atoms with Crippen LogP contribution in [-0.2, 0) is 0 Å². The molecule has 0 N–H and O–H groups in total. The van der Waals surface area contributed by atoms with Crippen LogP contribution in [-0.4, -0.2) is 0 Å². The molecule has 0 fully saturated rings. The van der Waals surface area contributed by atoms with Gasteiger partial charge in [0, 0.05) is 10.8 Å². The summed E-state index contributed by atoms with van der Waals surface area (Å²) in [6.45, 7) is 0. The minimum Gasteiger partial charge on any atom is -0.456 e. The maximum Gasteiger partial charge on any atom is 0.136 e. The van der Waals surface area contributed by atoms with Gasteiger partial charge in [0.25, 0.3) is 0 Å². The van der Waals surface area contributed by atoms with E-state index in [9.17, 15) is 0 Å². The predicted molar refractivity (Wildman–Crippen MR) is 270 cm³/mol. The Labute approximate surface area is 362 Å². The van der Waals surface area contributed by atoms with E-state index in [1.54, 1.807) is 0 Å². The van der Waals surface area contributed by atoms with Crippen molar-refractivity contribution in [1.29, 1.82) is 0 Å². The third-order valence-electron chi connectivity index (χ3n) is 13.8. The molecule has 1 aromatic heterocycles. The Hall–Kier alpha value is -8.26. The third-order valence-corrected chi connectivity index (χ3v) is 13.8. The number of rotatable bonds is 3. The fraction of sp³-hybridized carbons (Fsp3) is 0. The topological polar surface area (TPSA) is 13.1 Å². The van der Waals surface area contributed by atoms with Crippen molar-refractivity contribution in [2.24, 2.45) is 0 Å². The first-order chi connectivity index (χ1) is 31.2. The Morgan fingerprint density at radius 2 is 0.635 bits per heavy atom. The summed E-state index contributed by atoms with van der Waals surface area (Å²) in [6.07, 6.45) is 0. The number of hydrogen-bond donors (Lipinski definition) is 0. The van der Waals surface area contributed by atoms with E-state index >= 15 is 0 Å². The van der Waals surface area contributed by atoms with Crippen molar-refractivity contribution >= 4 is 108 Å². The molecular formula is C62H36O. The molecule has 63 heavy (non-hydrogen) atoms. The number of benzene rings is 13. The second-order valence-corrected chi connectivity index (χ2v) is 17.1. The van der Waals surface area contributed by atoms with Crippen molar-refractivity contribution in [3.63, 3.8) is 0 Å². The van der Waals surface area contributed by atoms with E-state index in [-0.39, 0.29) is 0 Å². The molecule has 0 spiro atoms. The average Bonchev–Trinajstić information content (AvgIpc) is 3.73. The Morgan fingerprint density at radius 1 is 0.206 bits per heavy atom. The van der Waals surface area contributed by atoms with Gasteiger partial charge < -0.3 is 4.42 Å². The molecule has 1 heteroatoms. The summed E-state index contributed by atoms with van der Waals surface area (Å²) in [5.41, 5.74) is 9.22. The molecule has 290 valence electrons. The average molecular weight is 797 g/mol. The molecule has 0 radical (unpaired) electrons. The summed E-state index contributed by atoms with van der Waals surface area (Å²) < 4.78 is 6.63. The zero-order valence-corrected chi connectivity index (χ0v) is 34.2.